The van der Waals surface area contributed by atoms with E-state index in [4.69, 9.17) is 5.73 Å². The number of nitrogen functional groups attached to an aromatic ring is 1. The van der Waals surface area contributed by atoms with Crippen LogP contribution in [-0.4, -0.2) is 15.7 Å². The van der Waals surface area contributed by atoms with Crippen LogP contribution >= 0.6 is 0 Å². The van der Waals surface area contributed by atoms with Gasteiger partial charge in [0.05, 0.1) is 5.69 Å². The van der Waals surface area contributed by atoms with Crippen LogP contribution in [0.5, 0.6) is 0 Å². The zero-order chi connectivity index (χ0) is 15.6. The van der Waals surface area contributed by atoms with Crippen molar-refractivity contribution in [1.29, 1.82) is 0 Å². The maximum absolute atomic E-state index is 12.2. The molecule has 0 aliphatic heterocycles. The van der Waals surface area contributed by atoms with Crippen LogP contribution in [0.2, 0.25) is 0 Å². The average molecular weight is 286 g/mol. The van der Waals surface area contributed by atoms with Crippen molar-refractivity contribution in [2.45, 2.75) is 40.7 Å². The third-order valence-corrected chi connectivity index (χ3v) is 3.83. The second-order valence-electron chi connectivity index (χ2n) is 5.23. The number of nitrogens with two attached hydrogens (primary N) is 1. The molecule has 0 saturated carbocycles. The van der Waals surface area contributed by atoms with Crippen LogP contribution in [0.25, 0.3) is 0 Å². The van der Waals surface area contributed by atoms with Crippen LogP contribution in [0.3, 0.4) is 0 Å². The Labute approximate surface area is 125 Å². The van der Waals surface area contributed by atoms with Crippen molar-refractivity contribution < 1.29 is 4.79 Å². The summed E-state index contributed by atoms with van der Waals surface area (Å²) in [6.07, 6.45) is 0.924. The van der Waals surface area contributed by atoms with Crippen molar-refractivity contribution in [3.63, 3.8) is 0 Å². The number of benzene rings is 1. The lowest BCUT2D eigenvalue weighted by atomic mass is 10.1. The van der Waals surface area contributed by atoms with Crippen molar-refractivity contribution in [1.82, 2.24) is 9.78 Å². The molecule has 1 amide bonds. The summed E-state index contributed by atoms with van der Waals surface area (Å²) < 4.78 is 1.76. The Bertz CT molecular complexity index is 673. The third-order valence-electron chi connectivity index (χ3n) is 3.83. The molecule has 0 aliphatic carbocycles. The summed E-state index contributed by atoms with van der Waals surface area (Å²) in [5, 5.41) is 7.33. The van der Waals surface area contributed by atoms with E-state index in [2.05, 4.69) is 17.3 Å². The molecule has 0 radical (unpaired) electrons. The Hall–Kier alpha value is -2.30. The van der Waals surface area contributed by atoms with E-state index in [1.54, 1.807) is 4.68 Å². The minimum atomic E-state index is -0.100. The van der Waals surface area contributed by atoms with Gasteiger partial charge in [-0.2, -0.15) is 5.10 Å². The van der Waals surface area contributed by atoms with Crippen LogP contribution in [0, 0.1) is 20.8 Å². The van der Waals surface area contributed by atoms with E-state index in [1.165, 1.54) is 5.56 Å². The fourth-order valence-corrected chi connectivity index (χ4v) is 2.51. The van der Waals surface area contributed by atoms with E-state index in [9.17, 15) is 4.79 Å². The van der Waals surface area contributed by atoms with Crippen LogP contribution in [0.15, 0.2) is 18.2 Å². The highest BCUT2D eigenvalue weighted by atomic mass is 16.2. The van der Waals surface area contributed by atoms with Gasteiger partial charge in [0.2, 0.25) is 5.91 Å². The second kappa shape index (κ2) is 5.99. The minimum Gasteiger partial charge on any atom is -0.398 e. The number of nitrogens with one attached hydrogen (secondary N) is 1. The molecule has 0 unspecified atom stereocenters. The summed E-state index contributed by atoms with van der Waals surface area (Å²) in [4.78, 5) is 12.2. The van der Waals surface area contributed by atoms with Crippen molar-refractivity contribution >= 4 is 17.3 Å². The first kappa shape index (κ1) is 15.1. The van der Waals surface area contributed by atoms with Crippen LogP contribution in [-0.2, 0) is 17.8 Å². The molecule has 1 aromatic heterocycles. The summed E-state index contributed by atoms with van der Waals surface area (Å²) in [6, 6.07) is 5.50. The maximum Gasteiger partial charge on any atom is 0.246 e. The molecule has 0 atom stereocenters. The van der Waals surface area contributed by atoms with Gasteiger partial charge in [-0.05, 0) is 50.5 Å². The normalized spacial score (nSPS) is 10.7. The molecule has 21 heavy (non-hydrogen) atoms. The van der Waals surface area contributed by atoms with E-state index < -0.39 is 0 Å². The SMILES string of the molecule is CCc1c(C)nn(CC(=O)Nc2cccc(N)c2C)c1C. The number of carbonyl (C=O) groups is 1. The molecule has 0 aliphatic rings. The summed E-state index contributed by atoms with van der Waals surface area (Å²) in [5.41, 5.74) is 11.4. The zero-order valence-corrected chi connectivity index (χ0v) is 13.0. The molecular weight excluding hydrogens is 264 g/mol. The molecular formula is C16H22N4O. The van der Waals surface area contributed by atoms with Crippen molar-refractivity contribution in [2.75, 3.05) is 11.1 Å². The highest BCUT2D eigenvalue weighted by Gasteiger charge is 2.13. The third kappa shape index (κ3) is 3.07. The Morgan fingerprint density at radius 1 is 1.33 bits per heavy atom. The predicted octanol–water partition coefficient (Wildman–Crippen LogP) is 2.59. The first-order chi connectivity index (χ1) is 9.93. The van der Waals surface area contributed by atoms with E-state index in [0.29, 0.717) is 5.69 Å². The lowest BCUT2D eigenvalue weighted by molar-refractivity contribution is -0.116. The summed E-state index contributed by atoms with van der Waals surface area (Å²) in [7, 11) is 0. The molecule has 0 saturated heterocycles. The van der Waals surface area contributed by atoms with Crippen molar-refractivity contribution in [2.24, 2.45) is 0 Å². The Morgan fingerprint density at radius 3 is 2.67 bits per heavy atom. The van der Waals surface area contributed by atoms with Gasteiger partial charge in [-0.1, -0.05) is 13.0 Å². The van der Waals surface area contributed by atoms with Gasteiger partial charge in [0.1, 0.15) is 6.54 Å². The number of carbonyl (C=O) groups excluding carboxylic acids is 1. The number of hydrogen-bond donors (Lipinski definition) is 2. The van der Waals surface area contributed by atoms with E-state index >= 15 is 0 Å². The van der Waals surface area contributed by atoms with Crippen molar-refractivity contribution in [3.8, 4) is 0 Å². The number of amides is 1. The monoisotopic (exact) mass is 286 g/mol. The lowest BCUT2D eigenvalue weighted by Crippen LogP contribution is -2.21. The van der Waals surface area contributed by atoms with Crippen LogP contribution in [0.1, 0.15) is 29.4 Å². The van der Waals surface area contributed by atoms with Crippen LogP contribution < -0.4 is 11.1 Å². The number of aryl methyl sites for hydroxylation is 1. The van der Waals surface area contributed by atoms with Gasteiger partial charge in [-0.15, -0.1) is 0 Å². The largest absolute Gasteiger partial charge is 0.398 e. The van der Waals surface area contributed by atoms with Gasteiger partial charge < -0.3 is 11.1 Å². The van der Waals surface area contributed by atoms with Gasteiger partial charge >= 0.3 is 0 Å². The summed E-state index contributed by atoms with van der Waals surface area (Å²) in [6.45, 7) is 8.17. The Morgan fingerprint density at radius 2 is 2.05 bits per heavy atom. The Balaban J connectivity index is 2.14. The molecule has 1 heterocycles. The molecule has 3 N–H and O–H groups in total. The van der Waals surface area contributed by atoms with Gasteiger partial charge in [0.25, 0.3) is 0 Å². The quantitative estimate of drug-likeness (QED) is 0.848. The first-order valence-corrected chi connectivity index (χ1v) is 7.11. The zero-order valence-electron chi connectivity index (χ0n) is 13.0. The average Bonchev–Trinajstić information content (AvgIpc) is 2.69. The molecule has 2 aromatic rings. The maximum atomic E-state index is 12.2. The minimum absolute atomic E-state index is 0.100. The predicted molar refractivity (Wildman–Crippen MR) is 85.3 cm³/mol. The topological polar surface area (TPSA) is 72.9 Å². The smallest absolute Gasteiger partial charge is 0.246 e. The van der Waals surface area contributed by atoms with E-state index in [1.807, 2.05) is 39.0 Å². The van der Waals surface area contributed by atoms with Crippen molar-refractivity contribution in [3.05, 3.63) is 40.7 Å². The molecule has 0 fully saturated rings. The lowest BCUT2D eigenvalue weighted by Gasteiger charge is -2.11. The molecule has 0 bridgehead atoms. The first-order valence-electron chi connectivity index (χ1n) is 7.11. The highest BCUT2D eigenvalue weighted by Crippen LogP contribution is 2.20. The number of anilines is 2. The van der Waals surface area contributed by atoms with E-state index in [-0.39, 0.29) is 12.5 Å². The molecule has 5 heteroatoms. The number of hydrogen-bond acceptors (Lipinski definition) is 3. The van der Waals surface area contributed by atoms with Gasteiger partial charge in [-0.25, -0.2) is 0 Å². The van der Waals surface area contributed by atoms with Gasteiger partial charge in [-0.3, -0.25) is 9.48 Å². The fraction of sp³-hybridized carbons (Fsp3) is 0.375. The molecule has 2 rings (SSSR count). The molecule has 5 nitrogen and oxygen atoms in total. The molecule has 0 spiro atoms. The standard InChI is InChI=1S/C16H22N4O/c1-5-13-11(3)19-20(12(13)4)9-16(21)18-15-8-6-7-14(17)10(15)2/h6-8H,5,9,17H2,1-4H3,(H,18,21). The second-order valence-corrected chi connectivity index (χ2v) is 5.23. The number of nitrogens with zero attached hydrogens (tertiary/aromatic N) is 2. The fourth-order valence-electron chi connectivity index (χ4n) is 2.51. The van der Waals surface area contributed by atoms with Gasteiger partial charge in [0.15, 0.2) is 0 Å². The van der Waals surface area contributed by atoms with Gasteiger partial charge in [0, 0.05) is 17.1 Å². The molecule has 112 valence electrons. The van der Waals surface area contributed by atoms with E-state index in [0.717, 1.165) is 29.1 Å². The molecule has 1 aromatic carbocycles. The number of rotatable bonds is 4. The number of aromatic nitrogens is 2. The Kier molecular flexibility index (Phi) is 4.31. The summed E-state index contributed by atoms with van der Waals surface area (Å²) in [5.74, 6) is -0.100. The highest BCUT2D eigenvalue weighted by molar-refractivity contribution is 5.92. The van der Waals surface area contributed by atoms with Crippen LogP contribution in [0.4, 0.5) is 11.4 Å². The summed E-state index contributed by atoms with van der Waals surface area (Å²) >= 11 is 0.